The highest BCUT2D eigenvalue weighted by molar-refractivity contribution is 5.21. The molecular weight excluding hydrogens is 249 g/mol. The van der Waals surface area contributed by atoms with Gasteiger partial charge in [0, 0.05) is 12.6 Å². The van der Waals surface area contributed by atoms with Crippen LogP contribution in [0.25, 0.3) is 0 Å². The molecule has 3 saturated carbocycles. The van der Waals surface area contributed by atoms with Gasteiger partial charge in [-0.25, -0.2) is 4.39 Å². The number of halogens is 1. The van der Waals surface area contributed by atoms with Crippen LogP contribution in [0.5, 0.6) is 0 Å². The zero-order chi connectivity index (χ0) is 13.6. The molecular formula is C18H24FN. The Morgan fingerprint density at radius 3 is 2.65 bits per heavy atom. The normalized spacial score (nSPS) is 35.6. The van der Waals surface area contributed by atoms with E-state index in [0.717, 1.165) is 36.4 Å². The van der Waals surface area contributed by atoms with Crippen LogP contribution in [0.2, 0.25) is 0 Å². The van der Waals surface area contributed by atoms with Crippen LogP contribution in [0.15, 0.2) is 24.3 Å². The highest BCUT2D eigenvalue weighted by atomic mass is 19.1. The van der Waals surface area contributed by atoms with Gasteiger partial charge in [-0.3, -0.25) is 0 Å². The van der Waals surface area contributed by atoms with Crippen LogP contribution in [0.3, 0.4) is 0 Å². The van der Waals surface area contributed by atoms with Crippen LogP contribution in [-0.2, 0) is 6.42 Å². The molecule has 2 heteroatoms. The number of hydrogen-bond acceptors (Lipinski definition) is 1. The van der Waals surface area contributed by atoms with E-state index in [-0.39, 0.29) is 5.82 Å². The van der Waals surface area contributed by atoms with Gasteiger partial charge in [-0.05, 0) is 67.4 Å². The van der Waals surface area contributed by atoms with Gasteiger partial charge in [0.25, 0.3) is 0 Å². The van der Waals surface area contributed by atoms with E-state index < -0.39 is 0 Å². The molecule has 0 radical (unpaired) electrons. The number of nitrogens with one attached hydrogen (secondary N) is 1. The van der Waals surface area contributed by atoms with E-state index in [9.17, 15) is 4.39 Å². The largest absolute Gasteiger partial charge is 0.313 e. The van der Waals surface area contributed by atoms with Crippen molar-refractivity contribution in [2.45, 2.75) is 51.0 Å². The lowest BCUT2D eigenvalue weighted by molar-refractivity contribution is 0.154. The van der Waals surface area contributed by atoms with E-state index in [1.165, 1.54) is 38.5 Å². The highest BCUT2D eigenvalue weighted by Gasteiger charge is 2.51. The Balaban J connectivity index is 1.56. The molecule has 3 fully saturated rings. The fraction of sp³-hybridized carbons (Fsp3) is 0.667. The van der Waals surface area contributed by atoms with E-state index in [1.807, 2.05) is 12.1 Å². The highest BCUT2D eigenvalue weighted by Crippen LogP contribution is 2.57. The molecule has 0 saturated heterocycles. The summed E-state index contributed by atoms with van der Waals surface area (Å²) < 4.78 is 14.0. The molecule has 0 spiro atoms. The Bertz CT molecular complexity index is 496. The SMILES string of the molecule is Fc1ccccc1CC1(CNC2CC2)CC2CCC1C2. The molecule has 4 rings (SSSR count). The Labute approximate surface area is 121 Å². The van der Waals surface area contributed by atoms with Crippen LogP contribution in [-0.4, -0.2) is 12.6 Å². The van der Waals surface area contributed by atoms with E-state index in [2.05, 4.69) is 5.32 Å². The molecule has 1 aromatic carbocycles. The van der Waals surface area contributed by atoms with Crippen LogP contribution in [0, 0.1) is 23.1 Å². The topological polar surface area (TPSA) is 12.0 Å². The maximum absolute atomic E-state index is 14.0. The summed E-state index contributed by atoms with van der Waals surface area (Å²) in [5.41, 5.74) is 1.26. The van der Waals surface area contributed by atoms with Crippen molar-refractivity contribution in [1.82, 2.24) is 5.32 Å². The first kappa shape index (κ1) is 12.8. The molecule has 0 aromatic heterocycles. The van der Waals surface area contributed by atoms with Crippen molar-refractivity contribution in [3.63, 3.8) is 0 Å². The van der Waals surface area contributed by atoms with E-state index in [0.29, 0.717) is 5.41 Å². The minimum Gasteiger partial charge on any atom is -0.313 e. The van der Waals surface area contributed by atoms with E-state index in [1.54, 1.807) is 12.1 Å². The van der Waals surface area contributed by atoms with E-state index in [4.69, 9.17) is 0 Å². The summed E-state index contributed by atoms with van der Waals surface area (Å²) in [7, 11) is 0. The molecule has 1 aromatic rings. The van der Waals surface area contributed by atoms with E-state index >= 15 is 0 Å². The third-order valence-electron chi connectivity index (χ3n) is 5.92. The van der Waals surface area contributed by atoms with Gasteiger partial charge in [-0.15, -0.1) is 0 Å². The summed E-state index contributed by atoms with van der Waals surface area (Å²) in [5, 5.41) is 3.74. The summed E-state index contributed by atoms with van der Waals surface area (Å²) in [6.07, 6.45) is 9.08. The lowest BCUT2D eigenvalue weighted by atomic mass is 9.69. The maximum Gasteiger partial charge on any atom is 0.126 e. The minimum atomic E-state index is -0.0129. The van der Waals surface area contributed by atoms with Crippen molar-refractivity contribution < 1.29 is 4.39 Å². The van der Waals surface area contributed by atoms with Gasteiger partial charge >= 0.3 is 0 Å². The summed E-state index contributed by atoms with van der Waals surface area (Å²) in [5.74, 6) is 1.72. The summed E-state index contributed by atoms with van der Waals surface area (Å²) in [4.78, 5) is 0. The molecule has 3 atom stereocenters. The van der Waals surface area contributed by atoms with Gasteiger partial charge in [-0.2, -0.15) is 0 Å². The molecule has 108 valence electrons. The summed E-state index contributed by atoms with van der Waals surface area (Å²) >= 11 is 0. The summed E-state index contributed by atoms with van der Waals surface area (Å²) in [6.45, 7) is 1.10. The van der Waals surface area contributed by atoms with Gasteiger partial charge in [0.1, 0.15) is 5.82 Å². The Morgan fingerprint density at radius 1 is 1.15 bits per heavy atom. The van der Waals surface area contributed by atoms with Gasteiger partial charge in [0.2, 0.25) is 0 Å². The molecule has 20 heavy (non-hydrogen) atoms. The molecule has 1 nitrogen and oxygen atoms in total. The lowest BCUT2D eigenvalue weighted by Gasteiger charge is -2.38. The third kappa shape index (κ3) is 2.28. The predicted molar refractivity (Wildman–Crippen MR) is 79.0 cm³/mol. The second-order valence-electron chi connectivity index (χ2n) is 7.37. The first-order valence-electron chi connectivity index (χ1n) is 8.22. The molecule has 3 unspecified atom stereocenters. The van der Waals surface area contributed by atoms with Crippen molar-refractivity contribution >= 4 is 0 Å². The van der Waals surface area contributed by atoms with Crippen molar-refractivity contribution in [3.05, 3.63) is 35.6 Å². The average Bonchev–Trinajstić information content (AvgIpc) is 3.08. The maximum atomic E-state index is 14.0. The monoisotopic (exact) mass is 273 g/mol. The number of benzene rings is 1. The lowest BCUT2D eigenvalue weighted by Crippen LogP contribution is -2.41. The second-order valence-corrected chi connectivity index (χ2v) is 7.37. The van der Waals surface area contributed by atoms with Crippen molar-refractivity contribution in [1.29, 1.82) is 0 Å². The van der Waals surface area contributed by atoms with Crippen molar-refractivity contribution in [3.8, 4) is 0 Å². The molecule has 0 heterocycles. The van der Waals surface area contributed by atoms with Crippen molar-refractivity contribution in [2.24, 2.45) is 17.3 Å². The zero-order valence-electron chi connectivity index (χ0n) is 12.1. The fourth-order valence-corrected chi connectivity index (χ4v) is 4.71. The smallest absolute Gasteiger partial charge is 0.126 e. The number of fused-ring (bicyclic) bond motifs is 2. The third-order valence-corrected chi connectivity index (χ3v) is 5.92. The fourth-order valence-electron chi connectivity index (χ4n) is 4.71. The van der Waals surface area contributed by atoms with Crippen LogP contribution < -0.4 is 5.32 Å². The van der Waals surface area contributed by atoms with Gasteiger partial charge in [0.15, 0.2) is 0 Å². The number of hydrogen-bond donors (Lipinski definition) is 1. The van der Waals surface area contributed by atoms with Gasteiger partial charge < -0.3 is 5.32 Å². The molecule has 2 bridgehead atoms. The molecule has 1 N–H and O–H groups in total. The first-order valence-corrected chi connectivity index (χ1v) is 8.22. The van der Waals surface area contributed by atoms with Crippen LogP contribution in [0.1, 0.15) is 44.1 Å². The van der Waals surface area contributed by atoms with Crippen LogP contribution in [0.4, 0.5) is 4.39 Å². The van der Waals surface area contributed by atoms with Crippen molar-refractivity contribution in [2.75, 3.05) is 6.54 Å². The first-order chi connectivity index (χ1) is 9.75. The Morgan fingerprint density at radius 2 is 2.00 bits per heavy atom. The zero-order valence-corrected chi connectivity index (χ0v) is 12.1. The Kier molecular flexibility index (Phi) is 3.10. The quantitative estimate of drug-likeness (QED) is 0.857. The molecule has 3 aliphatic carbocycles. The summed E-state index contributed by atoms with van der Waals surface area (Å²) in [6, 6.07) is 8.14. The number of rotatable bonds is 5. The Hall–Kier alpha value is -0.890. The van der Waals surface area contributed by atoms with Gasteiger partial charge in [-0.1, -0.05) is 24.6 Å². The molecule has 0 aliphatic heterocycles. The van der Waals surface area contributed by atoms with Gasteiger partial charge in [0.05, 0.1) is 0 Å². The second kappa shape index (κ2) is 4.84. The standard InChI is InChI=1S/C18H24FN/c19-17-4-2-1-3-14(17)11-18(12-20-16-7-8-16)10-13-5-6-15(18)9-13/h1-4,13,15-16,20H,5-12H2. The molecule has 3 aliphatic rings. The average molecular weight is 273 g/mol. The minimum absolute atomic E-state index is 0.0129. The predicted octanol–water partition coefficient (Wildman–Crippen LogP) is 3.93. The van der Waals surface area contributed by atoms with Crippen LogP contribution >= 0.6 is 0 Å². The molecule has 0 amide bonds.